The van der Waals surface area contributed by atoms with Crippen LogP contribution in [0, 0.1) is 35.5 Å². The first kappa shape index (κ1) is 27.8. The van der Waals surface area contributed by atoms with E-state index in [9.17, 15) is 0 Å². The Balaban J connectivity index is 0.000000261. The Morgan fingerprint density at radius 1 is 0.714 bits per heavy atom. The minimum atomic E-state index is 0. The van der Waals surface area contributed by atoms with Crippen LogP contribution in [0.2, 0.25) is 0 Å². The van der Waals surface area contributed by atoms with Crippen LogP contribution in [0.5, 0.6) is 0 Å². The Kier molecular flexibility index (Phi) is 11.5. The summed E-state index contributed by atoms with van der Waals surface area (Å²) in [4.78, 5) is 0. The van der Waals surface area contributed by atoms with Gasteiger partial charge in [0.25, 0.3) is 0 Å². The van der Waals surface area contributed by atoms with Crippen molar-refractivity contribution in [2.75, 3.05) is 0 Å². The SMILES string of the molecule is C[C@@H]1CC[C@@H]2[C@@H](C1)O[CH-]SC2(C)C.C[C@@H]1CC[C@@H]2[C@@H](C1)O[CH-]SC2(C)C.[Cu+].[Li+]. The second-order valence-corrected chi connectivity index (χ2v) is 13.0. The summed E-state index contributed by atoms with van der Waals surface area (Å²) in [6.07, 6.45) is 8.97. The molecule has 2 aliphatic heterocycles. The van der Waals surface area contributed by atoms with Gasteiger partial charge in [-0.15, -0.1) is 0 Å². The second kappa shape index (κ2) is 11.6. The molecule has 6 atom stereocenters. The molecule has 0 unspecified atom stereocenters. The molecule has 0 amide bonds. The van der Waals surface area contributed by atoms with E-state index in [1.165, 1.54) is 38.5 Å². The number of fused-ring (bicyclic) bond motifs is 2. The molecule has 0 aromatic rings. The molecule has 0 spiro atoms. The molecule has 2 heterocycles. The molecule has 0 N–H and O–H groups in total. The van der Waals surface area contributed by atoms with E-state index in [2.05, 4.69) is 41.5 Å². The minimum absolute atomic E-state index is 0. The summed E-state index contributed by atoms with van der Waals surface area (Å²) in [6.45, 7) is 14.1. The van der Waals surface area contributed by atoms with Crippen LogP contribution >= 0.6 is 23.5 Å². The minimum Gasteiger partial charge on any atom is -0.539 e. The molecule has 0 radical (unpaired) electrons. The van der Waals surface area contributed by atoms with E-state index in [1.54, 1.807) is 0 Å². The predicted octanol–water partition coefficient (Wildman–Crippen LogP) is 3.91. The summed E-state index contributed by atoms with van der Waals surface area (Å²) in [5.74, 6) is 7.15. The summed E-state index contributed by atoms with van der Waals surface area (Å²) in [6, 6.07) is 0. The third-order valence-corrected chi connectivity index (χ3v) is 9.29. The van der Waals surface area contributed by atoms with Crippen LogP contribution in [0.25, 0.3) is 0 Å². The summed E-state index contributed by atoms with van der Waals surface area (Å²) < 4.78 is 12.2. The van der Waals surface area contributed by atoms with E-state index in [-0.39, 0.29) is 35.9 Å². The van der Waals surface area contributed by atoms with Gasteiger partial charge in [0.1, 0.15) is 0 Å². The standard InChI is InChI=1S/2C11H19OS.Cu.Li/c2*1-8-4-5-9-10(6-8)12-7-13-11(9,2)3;;/h2*7-10H,4-6H2,1-3H3;;/q2*-1;2*+1/t2*8-,9-,10-;;/m11../s1. The normalized spacial score (nSPS) is 40.9. The number of ether oxygens (including phenoxy) is 2. The van der Waals surface area contributed by atoms with Gasteiger partial charge in [-0.05, 0) is 58.8 Å². The van der Waals surface area contributed by atoms with Crippen molar-refractivity contribution in [1.29, 1.82) is 0 Å². The molecular weight excluding hydrogens is 431 g/mol. The van der Waals surface area contributed by atoms with Gasteiger partial charge in [-0.2, -0.15) is 11.9 Å². The maximum atomic E-state index is 5.73. The molecule has 4 rings (SSSR count). The Bertz CT molecular complexity index is 435. The van der Waals surface area contributed by atoms with E-state index >= 15 is 0 Å². The molecule has 6 heteroatoms. The van der Waals surface area contributed by atoms with Gasteiger partial charge in [-0.1, -0.05) is 54.4 Å². The maximum absolute atomic E-state index is 5.73. The Morgan fingerprint density at radius 3 is 1.43 bits per heavy atom. The predicted molar refractivity (Wildman–Crippen MR) is 115 cm³/mol. The van der Waals surface area contributed by atoms with Gasteiger partial charge in [0, 0.05) is 12.2 Å². The largest absolute Gasteiger partial charge is 1.00 e. The fraction of sp³-hybridized carbons (Fsp3) is 0.909. The first-order valence-electron chi connectivity index (χ1n) is 10.5. The summed E-state index contributed by atoms with van der Waals surface area (Å²) in [7, 11) is 0. The van der Waals surface area contributed by atoms with Gasteiger partial charge in [0.15, 0.2) is 0 Å². The average Bonchev–Trinajstić information content (AvgIpc) is 2.54. The van der Waals surface area contributed by atoms with Crippen LogP contribution in [0.15, 0.2) is 0 Å². The number of thioether (sulfide) groups is 2. The molecular formula is C22H38CuLiO2S2. The van der Waals surface area contributed by atoms with Crippen molar-refractivity contribution in [2.24, 2.45) is 23.7 Å². The van der Waals surface area contributed by atoms with Gasteiger partial charge in [0.05, 0.1) is 0 Å². The molecule has 2 aliphatic carbocycles. The summed E-state index contributed by atoms with van der Waals surface area (Å²) in [5, 5.41) is 0. The van der Waals surface area contributed by atoms with Gasteiger partial charge in [-0.25, -0.2) is 0 Å². The molecule has 4 fully saturated rings. The number of hydrogen-bond acceptors (Lipinski definition) is 4. The van der Waals surface area contributed by atoms with Gasteiger partial charge in [-0.3, -0.25) is 0 Å². The smallest absolute Gasteiger partial charge is 0.539 e. The van der Waals surface area contributed by atoms with Crippen LogP contribution in [-0.2, 0) is 26.5 Å². The fourth-order valence-corrected chi connectivity index (χ4v) is 6.95. The summed E-state index contributed by atoms with van der Waals surface area (Å²) in [5.41, 5.74) is 0. The first-order chi connectivity index (χ1) is 12.2. The first-order valence-corrected chi connectivity index (χ1v) is 12.2. The van der Waals surface area contributed by atoms with Gasteiger partial charge in [0.2, 0.25) is 0 Å². The third kappa shape index (κ3) is 6.87. The quantitative estimate of drug-likeness (QED) is 0.396. The van der Waals surface area contributed by atoms with Gasteiger partial charge >= 0.3 is 35.9 Å². The van der Waals surface area contributed by atoms with E-state index < -0.39 is 0 Å². The van der Waals surface area contributed by atoms with Crippen LogP contribution in [0.4, 0.5) is 0 Å². The molecule has 2 saturated heterocycles. The van der Waals surface area contributed by atoms with Crippen LogP contribution in [-0.4, -0.2) is 21.7 Å². The van der Waals surface area contributed by atoms with Crippen molar-refractivity contribution in [1.82, 2.24) is 0 Å². The monoisotopic (exact) mass is 468 g/mol. The Morgan fingerprint density at radius 2 is 1.07 bits per heavy atom. The van der Waals surface area contributed by atoms with Crippen molar-refractivity contribution in [3.63, 3.8) is 0 Å². The molecule has 0 aromatic carbocycles. The van der Waals surface area contributed by atoms with Crippen molar-refractivity contribution < 1.29 is 45.4 Å². The van der Waals surface area contributed by atoms with E-state index in [4.69, 9.17) is 9.47 Å². The van der Waals surface area contributed by atoms with Crippen LogP contribution < -0.4 is 18.9 Å². The van der Waals surface area contributed by atoms with Crippen molar-refractivity contribution in [2.45, 2.75) is 102 Å². The second-order valence-electron chi connectivity index (χ2n) is 10.0. The average molecular weight is 469 g/mol. The molecule has 28 heavy (non-hydrogen) atoms. The zero-order valence-corrected chi connectivity index (χ0v) is 21.4. The fourth-order valence-electron chi connectivity index (χ4n) is 5.17. The topological polar surface area (TPSA) is 18.5 Å². The van der Waals surface area contributed by atoms with Crippen molar-refractivity contribution in [3.8, 4) is 0 Å². The molecule has 2 nitrogen and oxygen atoms in total. The number of rotatable bonds is 0. The van der Waals surface area contributed by atoms with Gasteiger partial charge < -0.3 is 33.0 Å². The Hall–Kier alpha value is 1.74. The summed E-state index contributed by atoms with van der Waals surface area (Å²) >= 11 is 3.72. The zero-order chi connectivity index (χ0) is 18.9. The van der Waals surface area contributed by atoms with E-state index in [1.807, 2.05) is 35.4 Å². The zero-order valence-electron chi connectivity index (χ0n) is 18.8. The number of hydrogen-bond donors (Lipinski definition) is 0. The molecule has 2 saturated carbocycles. The molecule has 0 bridgehead atoms. The maximum Gasteiger partial charge on any atom is 1.00 e. The molecule has 162 valence electrons. The Labute approximate surface area is 205 Å². The van der Waals surface area contributed by atoms with E-state index in [0.717, 1.165) is 23.7 Å². The van der Waals surface area contributed by atoms with Crippen molar-refractivity contribution in [3.05, 3.63) is 11.9 Å². The van der Waals surface area contributed by atoms with Crippen molar-refractivity contribution >= 4 is 23.5 Å². The molecule has 4 aliphatic rings. The molecule has 0 aromatic heterocycles. The van der Waals surface area contributed by atoms with Crippen LogP contribution in [0.3, 0.4) is 0 Å². The van der Waals surface area contributed by atoms with E-state index in [0.29, 0.717) is 21.7 Å². The third-order valence-electron chi connectivity index (χ3n) is 7.06. The van der Waals surface area contributed by atoms with Crippen LogP contribution in [0.1, 0.15) is 80.1 Å².